The lowest BCUT2D eigenvalue weighted by Crippen LogP contribution is -1.95. The molecule has 0 aliphatic carbocycles. The fourth-order valence-corrected chi connectivity index (χ4v) is 2.00. The minimum Gasteiger partial charge on any atom is -0.475 e. The number of hydrogen-bond acceptors (Lipinski definition) is 5. The second kappa shape index (κ2) is 3.46. The average Bonchev–Trinajstić information content (AvgIpc) is 2.58. The summed E-state index contributed by atoms with van der Waals surface area (Å²) in [7, 11) is 1.23. The van der Waals surface area contributed by atoms with Gasteiger partial charge in [0.15, 0.2) is 0 Å². The first kappa shape index (κ1) is 10.9. The highest BCUT2D eigenvalue weighted by Crippen LogP contribution is 2.24. The Morgan fingerprint density at radius 3 is 2.69 bits per heavy atom. The van der Waals surface area contributed by atoms with Gasteiger partial charge in [0.05, 0.1) is 10.3 Å². The largest absolute Gasteiger partial charge is 0.475 e. The molecule has 16 heavy (non-hydrogen) atoms. The molecule has 0 unspecified atom stereocenters. The summed E-state index contributed by atoms with van der Waals surface area (Å²) < 4.78 is 26.6. The molecule has 1 heterocycles. The van der Waals surface area contributed by atoms with Crippen LogP contribution in [0, 0.1) is 0 Å². The van der Waals surface area contributed by atoms with Crippen molar-refractivity contribution in [3.63, 3.8) is 0 Å². The zero-order valence-corrected chi connectivity index (χ0v) is 9.12. The Morgan fingerprint density at radius 1 is 1.44 bits per heavy atom. The van der Waals surface area contributed by atoms with E-state index in [0.29, 0.717) is 0 Å². The van der Waals surface area contributed by atoms with Crippen molar-refractivity contribution < 1.29 is 22.8 Å². The molecule has 0 amide bonds. The lowest BCUT2D eigenvalue weighted by Gasteiger charge is -1.94. The quantitative estimate of drug-likeness (QED) is 0.822. The molecular formula is C8H4ClNO5S. The number of aromatic nitrogens is 1. The third-order valence-electron chi connectivity index (χ3n) is 1.92. The van der Waals surface area contributed by atoms with Crippen LogP contribution in [0.2, 0.25) is 0 Å². The monoisotopic (exact) mass is 261 g/mol. The molecule has 1 aromatic carbocycles. The number of aromatic carboxylic acids is 1. The molecule has 2 rings (SSSR count). The molecule has 0 atom stereocenters. The van der Waals surface area contributed by atoms with E-state index in [4.69, 9.17) is 15.8 Å². The zero-order valence-electron chi connectivity index (χ0n) is 7.55. The van der Waals surface area contributed by atoms with Gasteiger partial charge in [0, 0.05) is 10.7 Å². The summed E-state index contributed by atoms with van der Waals surface area (Å²) in [6.45, 7) is 0. The molecule has 0 radical (unpaired) electrons. The highest BCUT2D eigenvalue weighted by Gasteiger charge is 2.18. The van der Waals surface area contributed by atoms with E-state index in [-0.39, 0.29) is 15.8 Å². The fourth-order valence-electron chi connectivity index (χ4n) is 1.23. The van der Waals surface area contributed by atoms with Crippen molar-refractivity contribution in [3.8, 4) is 0 Å². The summed E-state index contributed by atoms with van der Waals surface area (Å²) in [6.07, 6.45) is 0. The maximum atomic E-state index is 11.0. The molecular weight excluding hydrogens is 258 g/mol. The van der Waals surface area contributed by atoms with Crippen molar-refractivity contribution >= 4 is 36.6 Å². The highest BCUT2D eigenvalue weighted by molar-refractivity contribution is 8.13. The Hall–Kier alpha value is -1.60. The lowest BCUT2D eigenvalue weighted by molar-refractivity contribution is 0.0655. The number of fused-ring (bicyclic) bond motifs is 1. The van der Waals surface area contributed by atoms with Gasteiger partial charge in [0.2, 0.25) is 0 Å². The lowest BCUT2D eigenvalue weighted by atomic mass is 10.2. The maximum Gasteiger partial charge on any atom is 0.375 e. The Kier molecular flexibility index (Phi) is 2.36. The molecule has 2 aromatic rings. The van der Waals surface area contributed by atoms with Crippen molar-refractivity contribution in [1.82, 2.24) is 5.16 Å². The number of rotatable bonds is 2. The number of benzene rings is 1. The summed E-state index contributed by atoms with van der Waals surface area (Å²) in [5, 5.41) is 12.3. The Labute approximate surface area is 93.8 Å². The second-order valence-corrected chi connectivity index (χ2v) is 5.50. The van der Waals surface area contributed by atoms with Crippen LogP contribution in [0.25, 0.3) is 10.9 Å². The number of carboxylic acids is 1. The Morgan fingerprint density at radius 2 is 2.12 bits per heavy atom. The maximum absolute atomic E-state index is 11.0. The van der Waals surface area contributed by atoms with Crippen molar-refractivity contribution in [2.24, 2.45) is 0 Å². The Balaban J connectivity index is 2.78. The molecule has 0 aliphatic rings. The molecule has 1 aromatic heterocycles. The number of halogens is 1. The molecule has 0 saturated heterocycles. The summed E-state index contributed by atoms with van der Waals surface area (Å²) in [5.74, 6) is -1.75. The minimum absolute atomic E-state index is 0.0919. The standard InChI is InChI=1S/C8H4ClNO5S/c9-16(13,14)4-1-2-6-5(3-4)7(8(11)12)15-10-6/h1-3H,(H,11,12). The van der Waals surface area contributed by atoms with Gasteiger partial charge in [-0.15, -0.1) is 0 Å². The molecule has 0 spiro atoms. The van der Waals surface area contributed by atoms with Gasteiger partial charge in [0.25, 0.3) is 14.8 Å². The van der Waals surface area contributed by atoms with Gasteiger partial charge in [-0.25, -0.2) is 13.2 Å². The van der Waals surface area contributed by atoms with Gasteiger partial charge in [0.1, 0.15) is 5.52 Å². The zero-order chi connectivity index (χ0) is 11.9. The smallest absolute Gasteiger partial charge is 0.375 e. The van der Waals surface area contributed by atoms with Gasteiger partial charge >= 0.3 is 5.97 Å². The van der Waals surface area contributed by atoms with Crippen LogP contribution in [0.3, 0.4) is 0 Å². The summed E-state index contributed by atoms with van der Waals surface area (Å²) >= 11 is 0. The fraction of sp³-hybridized carbons (Fsp3) is 0. The van der Waals surface area contributed by atoms with Crippen LogP contribution in [0.15, 0.2) is 27.6 Å². The van der Waals surface area contributed by atoms with Crippen molar-refractivity contribution in [2.75, 3.05) is 0 Å². The molecule has 0 aliphatic heterocycles. The topological polar surface area (TPSA) is 97.5 Å². The minimum atomic E-state index is -3.90. The normalized spacial score (nSPS) is 11.8. The average molecular weight is 262 g/mol. The van der Waals surface area contributed by atoms with Crippen LogP contribution in [0.5, 0.6) is 0 Å². The number of nitrogens with zero attached hydrogens (tertiary/aromatic N) is 1. The SMILES string of the molecule is O=C(O)c1onc2ccc(S(=O)(=O)Cl)cc12. The van der Waals surface area contributed by atoms with Crippen molar-refractivity contribution in [2.45, 2.75) is 4.90 Å². The van der Waals surface area contributed by atoms with E-state index in [0.717, 1.165) is 6.07 Å². The van der Waals surface area contributed by atoms with Crippen LogP contribution in [-0.4, -0.2) is 24.7 Å². The van der Waals surface area contributed by atoms with Gasteiger partial charge in [-0.2, -0.15) is 0 Å². The van der Waals surface area contributed by atoms with Crippen LogP contribution in [0.1, 0.15) is 10.6 Å². The predicted octanol–water partition coefficient (Wildman–Crippen LogP) is 1.45. The van der Waals surface area contributed by atoms with E-state index in [2.05, 4.69) is 9.68 Å². The summed E-state index contributed by atoms with van der Waals surface area (Å²) in [5.41, 5.74) is 0.251. The first-order chi connectivity index (χ1) is 7.39. The molecule has 8 heteroatoms. The van der Waals surface area contributed by atoms with Gasteiger partial charge in [-0.3, -0.25) is 0 Å². The molecule has 0 fully saturated rings. The van der Waals surface area contributed by atoms with E-state index in [1.54, 1.807) is 0 Å². The van der Waals surface area contributed by atoms with Crippen molar-refractivity contribution in [3.05, 3.63) is 24.0 Å². The van der Waals surface area contributed by atoms with Gasteiger partial charge in [-0.05, 0) is 18.2 Å². The first-order valence-electron chi connectivity index (χ1n) is 3.97. The molecule has 84 valence electrons. The molecule has 0 saturated carbocycles. The van der Waals surface area contributed by atoms with Crippen molar-refractivity contribution in [1.29, 1.82) is 0 Å². The van der Waals surface area contributed by atoms with E-state index in [1.165, 1.54) is 12.1 Å². The molecule has 1 N–H and O–H groups in total. The summed E-state index contributed by atoms with van der Waals surface area (Å²) in [6, 6.07) is 3.65. The number of carboxylic acid groups (broad SMARTS) is 1. The van der Waals surface area contributed by atoms with Gasteiger partial charge in [-0.1, -0.05) is 5.16 Å². The van der Waals surface area contributed by atoms with Crippen LogP contribution >= 0.6 is 10.7 Å². The predicted molar refractivity (Wildman–Crippen MR) is 54.0 cm³/mol. The van der Waals surface area contributed by atoms with Crippen LogP contribution < -0.4 is 0 Å². The van der Waals surface area contributed by atoms with E-state index < -0.39 is 20.8 Å². The van der Waals surface area contributed by atoms with Crippen LogP contribution in [-0.2, 0) is 9.05 Å². The first-order valence-corrected chi connectivity index (χ1v) is 6.28. The molecule has 6 nitrogen and oxygen atoms in total. The van der Waals surface area contributed by atoms with E-state index >= 15 is 0 Å². The summed E-state index contributed by atoms with van der Waals surface area (Å²) in [4.78, 5) is 10.5. The number of carbonyl (C=O) groups is 1. The van der Waals surface area contributed by atoms with Crippen LogP contribution in [0.4, 0.5) is 0 Å². The molecule has 0 bridgehead atoms. The second-order valence-electron chi connectivity index (χ2n) is 2.93. The van der Waals surface area contributed by atoms with Gasteiger partial charge < -0.3 is 9.63 Å². The third-order valence-corrected chi connectivity index (χ3v) is 3.28. The third kappa shape index (κ3) is 1.74. The van der Waals surface area contributed by atoms with E-state index in [1.807, 2.05) is 0 Å². The van der Waals surface area contributed by atoms with E-state index in [9.17, 15) is 13.2 Å². The highest BCUT2D eigenvalue weighted by atomic mass is 35.7. The number of hydrogen-bond donors (Lipinski definition) is 1. The Bertz CT molecular complexity index is 675.